The van der Waals surface area contributed by atoms with Crippen molar-refractivity contribution in [3.05, 3.63) is 28.2 Å². The topological polar surface area (TPSA) is 58.6 Å². The van der Waals surface area contributed by atoms with Crippen LogP contribution in [0.3, 0.4) is 0 Å². The normalized spacial score (nSPS) is 11.8. The molecule has 1 N–H and O–H groups in total. The van der Waals surface area contributed by atoms with Crippen molar-refractivity contribution in [1.29, 1.82) is 0 Å². The number of nitrogens with zero attached hydrogens (tertiary/aromatic N) is 1. The van der Waals surface area contributed by atoms with Gasteiger partial charge in [0.1, 0.15) is 5.75 Å². The summed E-state index contributed by atoms with van der Waals surface area (Å²) >= 11 is 3.39. The average Bonchev–Trinajstić information content (AvgIpc) is 2.29. The summed E-state index contributed by atoms with van der Waals surface area (Å²) < 4.78 is 32.6. The van der Waals surface area contributed by atoms with Crippen molar-refractivity contribution in [3.8, 4) is 5.75 Å². The fourth-order valence-corrected chi connectivity index (χ4v) is 2.53. The van der Waals surface area contributed by atoms with E-state index < -0.39 is 10.2 Å². The molecule has 1 aromatic carbocycles. The van der Waals surface area contributed by atoms with E-state index in [4.69, 9.17) is 4.74 Å². The Morgan fingerprint density at radius 1 is 1.39 bits per heavy atom. The molecule has 0 aliphatic rings. The lowest BCUT2D eigenvalue weighted by molar-refractivity contribution is 0.412. The molecule has 0 aliphatic heterocycles. The molecular formula is C11H17BrN2O3S. The van der Waals surface area contributed by atoms with Gasteiger partial charge in [0.15, 0.2) is 0 Å². The first kappa shape index (κ1) is 15.4. The van der Waals surface area contributed by atoms with Gasteiger partial charge in [-0.15, -0.1) is 0 Å². The predicted molar refractivity (Wildman–Crippen MR) is 75.0 cm³/mol. The van der Waals surface area contributed by atoms with E-state index >= 15 is 0 Å². The zero-order chi connectivity index (χ0) is 13.8. The first-order valence-electron chi connectivity index (χ1n) is 5.36. The smallest absolute Gasteiger partial charge is 0.278 e. The standard InChI is InChI=1S/C11H17BrN2O3S/c1-14(2)18(15,16)13-7-6-9-4-5-11(17-3)10(12)8-9/h4-5,8,13H,6-7H2,1-3H3. The number of methoxy groups -OCH3 is 1. The fraction of sp³-hybridized carbons (Fsp3) is 0.455. The minimum Gasteiger partial charge on any atom is -0.496 e. The van der Waals surface area contributed by atoms with Crippen LogP contribution in [-0.4, -0.2) is 40.5 Å². The molecule has 0 saturated heterocycles. The molecule has 18 heavy (non-hydrogen) atoms. The maximum atomic E-state index is 11.5. The molecule has 0 saturated carbocycles. The minimum atomic E-state index is -3.34. The van der Waals surface area contributed by atoms with Crippen molar-refractivity contribution < 1.29 is 13.2 Å². The van der Waals surface area contributed by atoms with Crippen LogP contribution in [0.15, 0.2) is 22.7 Å². The summed E-state index contributed by atoms with van der Waals surface area (Å²) in [6, 6.07) is 5.68. The molecule has 0 radical (unpaired) electrons. The zero-order valence-electron chi connectivity index (χ0n) is 10.6. The van der Waals surface area contributed by atoms with Crippen LogP contribution in [0.2, 0.25) is 0 Å². The summed E-state index contributed by atoms with van der Waals surface area (Å²) in [6.07, 6.45) is 0.621. The molecule has 7 heteroatoms. The van der Waals surface area contributed by atoms with Gasteiger partial charge in [0.05, 0.1) is 11.6 Å². The van der Waals surface area contributed by atoms with Gasteiger partial charge < -0.3 is 4.74 Å². The fourth-order valence-electron chi connectivity index (χ4n) is 1.32. The molecule has 0 aliphatic carbocycles. The number of nitrogens with one attached hydrogen (secondary N) is 1. The molecule has 1 rings (SSSR count). The predicted octanol–water partition coefficient (Wildman–Crippen LogP) is 1.40. The van der Waals surface area contributed by atoms with Gasteiger partial charge in [-0.05, 0) is 40.0 Å². The molecular weight excluding hydrogens is 320 g/mol. The summed E-state index contributed by atoms with van der Waals surface area (Å²) in [7, 11) is 1.24. The highest BCUT2D eigenvalue weighted by atomic mass is 79.9. The lowest BCUT2D eigenvalue weighted by Gasteiger charge is -2.12. The molecule has 5 nitrogen and oxygen atoms in total. The van der Waals surface area contributed by atoms with Gasteiger partial charge >= 0.3 is 0 Å². The third kappa shape index (κ3) is 4.24. The van der Waals surface area contributed by atoms with Crippen molar-refractivity contribution in [2.24, 2.45) is 0 Å². The lowest BCUT2D eigenvalue weighted by atomic mass is 10.1. The summed E-state index contributed by atoms with van der Waals surface area (Å²) in [4.78, 5) is 0. The van der Waals surface area contributed by atoms with E-state index in [0.29, 0.717) is 13.0 Å². The molecule has 0 unspecified atom stereocenters. The van der Waals surface area contributed by atoms with Gasteiger partial charge in [-0.3, -0.25) is 0 Å². The van der Waals surface area contributed by atoms with E-state index in [9.17, 15) is 8.42 Å². The number of hydrogen-bond donors (Lipinski definition) is 1. The average molecular weight is 337 g/mol. The zero-order valence-corrected chi connectivity index (χ0v) is 13.0. The van der Waals surface area contributed by atoms with Gasteiger partial charge in [0.2, 0.25) is 0 Å². The molecule has 0 spiro atoms. The van der Waals surface area contributed by atoms with Gasteiger partial charge in [-0.2, -0.15) is 12.7 Å². The van der Waals surface area contributed by atoms with E-state index in [1.807, 2.05) is 18.2 Å². The molecule has 0 amide bonds. The summed E-state index contributed by atoms with van der Waals surface area (Å²) in [5, 5.41) is 0. The second-order valence-corrected chi connectivity index (χ2v) is 6.72. The van der Waals surface area contributed by atoms with Crippen LogP contribution >= 0.6 is 15.9 Å². The third-order valence-corrected chi connectivity index (χ3v) is 4.55. The van der Waals surface area contributed by atoms with E-state index in [2.05, 4.69) is 20.7 Å². The Bertz CT molecular complexity index is 503. The van der Waals surface area contributed by atoms with Gasteiger partial charge in [0.25, 0.3) is 10.2 Å². The Hall–Kier alpha value is -0.630. The van der Waals surface area contributed by atoms with E-state index in [-0.39, 0.29) is 0 Å². The number of halogens is 1. The summed E-state index contributed by atoms with van der Waals surface area (Å²) in [6.45, 7) is 0.360. The second kappa shape index (κ2) is 6.51. The molecule has 1 aromatic rings. The van der Waals surface area contributed by atoms with Crippen LogP contribution in [0.1, 0.15) is 5.56 Å². The first-order valence-corrected chi connectivity index (χ1v) is 7.59. The summed E-state index contributed by atoms with van der Waals surface area (Å²) in [5.41, 5.74) is 1.03. The van der Waals surface area contributed by atoms with Gasteiger partial charge in [-0.25, -0.2) is 4.72 Å². The van der Waals surface area contributed by atoms with Crippen LogP contribution in [0.5, 0.6) is 5.75 Å². The minimum absolute atomic E-state index is 0.360. The molecule has 0 atom stereocenters. The molecule has 102 valence electrons. The van der Waals surface area contributed by atoms with E-state index in [0.717, 1.165) is 20.1 Å². The monoisotopic (exact) mass is 336 g/mol. The molecule has 0 aromatic heterocycles. The number of ether oxygens (including phenoxy) is 1. The number of rotatable bonds is 6. The Kier molecular flexibility index (Phi) is 5.58. The van der Waals surface area contributed by atoms with Crippen LogP contribution in [-0.2, 0) is 16.6 Å². The van der Waals surface area contributed by atoms with Crippen molar-refractivity contribution in [2.75, 3.05) is 27.7 Å². The molecule has 0 heterocycles. The van der Waals surface area contributed by atoms with Crippen molar-refractivity contribution >= 4 is 26.1 Å². The highest BCUT2D eigenvalue weighted by molar-refractivity contribution is 9.10. The Morgan fingerprint density at radius 2 is 2.06 bits per heavy atom. The first-order chi connectivity index (χ1) is 8.36. The highest BCUT2D eigenvalue weighted by Crippen LogP contribution is 2.25. The third-order valence-electron chi connectivity index (χ3n) is 2.40. The van der Waals surface area contributed by atoms with Gasteiger partial charge in [0, 0.05) is 20.6 Å². The Morgan fingerprint density at radius 3 is 2.56 bits per heavy atom. The van der Waals surface area contributed by atoms with Crippen molar-refractivity contribution in [3.63, 3.8) is 0 Å². The highest BCUT2D eigenvalue weighted by Gasteiger charge is 2.11. The van der Waals surface area contributed by atoms with Crippen molar-refractivity contribution in [2.45, 2.75) is 6.42 Å². The largest absolute Gasteiger partial charge is 0.496 e. The van der Waals surface area contributed by atoms with E-state index in [1.54, 1.807) is 7.11 Å². The van der Waals surface area contributed by atoms with Crippen LogP contribution in [0, 0.1) is 0 Å². The molecule has 0 bridgehead atoms. The maximum Gasteiger partial charge on any atom is 0.278 e. The Labute approximate surface area is 116 Å². The Balaban J connectivity index is 2.57. The van der Waals surface area contributed by atoms with Crippen LogP contribution < -0.4 is 9.46 Å². The second-order valence-electron chi connectivity index (χ2n) is 3.90. The van der Waals surface area contributed by atoms with E-state index in [1.165, 1.54) is 14.1 Å². The maximum absolute atomic E-state index is 11.5. The molecule has 0 fully saturated rings. The van der Waals surface area contributed by atoms with Crippen LogP contribution in [0.25, 0.3) is 0 Å². The van der Waals surface area contributed by atoms with Gasteiger partial charge in [-0.1, -0.05) is 6.07 Å². The van der Waals surface area contributed by atoms with Crippen molar-refractivity contribution in [1.82, 2.24) is 9.03 Å². The number of hydrogen-bond acceptors (Lipinski definition) is 3. The number of benzene rings is 1. The SMILES string of the molecule is COc1ccc(CCNS(=O)(=O)N(C)C)cc1Br. The quantitative estimate of drug-likeness (QED) is 0.854. The summed E-state index contributed by atoms with van der Waals surface area (Å²) in [5.74, 6) is 0.757. The lowest BCUT2D eigenvalue weighted by Crippen LogP contribution is -2.36. The van der Waals surface area contributed by atoms with Crippen LogP contribution in [0.4, 0.5) is 0 Å².